The van der Waals surface area contributed by atoms with Crippen LogP contribution in [0.25, 0.3) is 0 Å². The monoisotopic (exact) mass is 326 g/mol. The third-order valence-corrected chi connectivity index (χ3v) is 4.40. The van der Waals surface area contributed by atoms with E-state index in [0.717, 1.165) is 10.2 Å². The molecule has 1 aliphatic rings. The van der Waals surface area contributed by atoms with Crippen LogP contribution in [-0.2, 0) is 4.79 Å². The number of carbonyl (C=O) groups is 1. The lowest BCUT2D eigenvalue weighted by molar-refractivity contribution is -0.127. The van der Waals surface area contributed by atoms with Gasteiger partial charge in [-0.05, 0) is 48.5 Å². The fraction of sp³-hybridized carbons (Fsp3) is 0.500. The summed E-state index contributed by atoms with van der Waals surface area (Å²) in [4.78, 5) is 16.4. The molecule has 0 aliphatic carbocycles. The van der Waals surface area contributed by atoms with E-state index in [-0.39, 0.29) is 24.6 Å². The SMILES string of the molecule is CC1CN(c2ccccc2Br)C(=O)C(CCO)N1C. The first-order valence-electron chi connectivity index (χ1n) is 6.45. The number of amides is 1. The van der Waals surface area contributed by atoms with E-state index < -0.39 is 0 Å². The maximum absolute atomic E-state index is 12.6. The Morgan fingerprint density at radius 2 is 2.11 bits per heavy atom. The van der Waals surface area contributed by atoms with E-state index in [1.165, 1.54) is 0 Å². The molecule has 1 saturated heterocycles. The number of anilines is 1. The zero-order valence-electron chi connectivity index (χ0n) is 11.2. The lowest BCUT2D eigenvalue weighted by Gasteiger charge is -2.43. The molecule has 1 amide bonds. The van der Waals surface area contributed by atoms with Gasteiger partial charge in [-0.1, -0.05) is 12.1 Å². The van der Waals surface area contributed by atoms with E-state index in [4.69, 9.17) is 5.11 Å². The Bertz CT molecular complexity index is 467. The van der Waals surface area contributed by atoms with E-state index in [9.17, 15) is 4.79 Å². The first-order valence-corrected chi connectivity index (χ1v) is 7.24. The minimum Gasteiger partial charge on any atom is -0.396 e. The van der Waals surface area contributed by atoms with Crippen LogP contribution in [0.1, 0.15) is 13.3 Å². The topological polar surface area (TPSA) is 43.8 Å². The molecule has 1 aromatic carbocycles. The van der Waals surface area contributed by atoms with Crippen molar-refractivity contribution in [2.75, 3.05) is 25.1 Å². The molecule has 2 rings (SSSR count). The van der Waals surface area contributed by atoms with Crippen LogP contribution in [0.5, 0.6) is 0 Å². The summed E-state index contributed by atoms with van der Waals surface area (Å²) in [6.45, 7) is 2.79. The number of piperazine rings is 1. The molecule has 1 aliphatic heterocycles. The average molecular weight is 327 g/mol. The first kappa shape index (κ1) is 14.5. The molecule has 104 valence electrons. The Hall–Kier alpha value is -0.910. The lowest BCUT2D eigenvalue weighted by Crippen LogP contribution is -2.60. The van der Waals surface area contributed by atoms with Crippen molar-refractivity contribution in [1.29, 1.82) is 0 Å². The molecule has 1 N–H and O–H groups in total. The molecular formula is C14H19BrN2O2. The normalized spacial score (nSPS) is 24.8. The fourth-order valence-electron chi connectivity index (χ4n) is 2.48. The molecule has 0 aromatic heterocycles. The number of carbonyl (C=O) groups excluding carboxylic acids is 1. The second-order valence-corrected chi connectivity index (χ2v) is 5.80. The van der Waals surface area contributed by atoms with Crippen molar-refractivity contribution >= 4 is 27.5 Å². The van der Waals surface area contributed by atoms with Crippen molar-refractivity contribution < 1.29 is 9.90 Å². The summed E-state index contributed by atoms with van der Waals surface area (Å²) in [5, 5.41) is 9.15. The van der Waals surface area contributed by atoms with Gasteiger partial charge in [-0.3, -0.25) is 9.69 Å². The van der Waals surface area contributed by atoms with Gasteiger partial charge >= 0.3 is 0 Å². The van der Waals surface area contributed by atoms with Gasteiger partial charge in [-0.15, -0.1) is 0 Å². The summed E-state index contributed by atoms with van der Waals surface area (Å²) in [5.41, 5.74) is 0.899. The molecule has 0 bridgehead atoms. The molecule has 1 aromatic rings. The van der Waals surface area contributed by atoms with Crippen LogP contribution in [0.15, 0.2) is 28.7 Å². The second kappa shape index (κ2) is 6.03. The Labute approximate surface area is 122 Å². The Kier molecular flexibility index (Phi) is 4.60. The minimum atomic E-state index is -0.249. The van der Waals surface area contributed by atoms with E-state index in [0.29, 0.717) is 13.0 Å². The van der Waals surface area contributed by atoms with Gasteiger partial charge in [0.05, 0.1) is 11.7 Å². The smallest absolute Gasteiger partial charge is 0.244 e. The molecular weight excluding hydrogens is 308 g/mol. The van der Waals surface area contributed by atoms with Gasteiger partial charge in [-0.25, -0.2) is 0 Å². The highest BCUT2D eigenvalue weighted by Gasteiger charge is 2.37. The van der Waals surface area contributed by atoms with Gasteiger partial charge in [-0.2, -0.15) is 0 Å². The predicted molar refractivity (Wildman–Crippen MR) is 79.2 cm³/mol. The zero-order chi connectivity index (χ0) is 14.0. The summed E-state index contributed by atoms with van der Waals surface area (Å²) in [7, 11) is 1.94. The van der Waals surface area contributed by atoms with E-state index in [1.807, 2.05) is 41.1 Å². The van der Waals surface area contributed by atoms with Gasteiger partial charge in [0, 0.05) is 23.7 Å². The Morgan fingerprint density at radius 1 is 1.42 bits per heavy atom. The highest BCUT2D eigenvalue weighted by molar-refractivity contribution is 9.10. The number of likely N-dealkylation sites (N-methyl/N-ethyl adjacent to an activating group) is 1. The summed E-state index contributed by atoms with van der Waals surface area (Å²) < 4.78 is 0.919. The molecule has 2 unspecified atom stereocenters. The largest absolute Gasteiger partial charge is 0.396 e. The van der Waals surface area contributed by atoms with Gasteiger partial charge < -0.3 is 10.0 Å². The van der Waals surface area contributed by atoms with Crippen molar-refractivity contribution in [3.63, 3.8) is 0 Å². The molecule has 2 atom stereocenters. The summed E-state index contributed by atoms with van der Waals surface area (Å²) in [6, 6.07) is 7.75. The maximum Gasteiger partial charge on any atom is 0.244 e. The third kappa shape index (κ3) is 2.83. The number of hydrogen-bond donors (Lipinski definition) is 1. The van der Waals surface area contributed by atoms with Crippen molar-refractivity contribution in [2.24, 2.45) is 0 Å². The number of aliphatic hydroxyl groups is 1. The molecule has 1 fully saturated rings. The molecule has 5 heteroatoms. The van der Waals surface area contributed by atoms with Crippen LogP contribution in [0.2, 0.25) is 0 Å². The third-order valence-electron chi connectivity index (χ3n) is 3.73. The minimum absolute atomic E-state index is 0.0251. The molecule has 0 saturated carbocycles. The number of halogens is 1. The number of nitrogens with zero attached hydrogens (tertiary/aromatic N) is 2. The number of hydrogen-bond acceptors (Lipinski definition) is 3. The Balaban J connectivity index is 2.31. The van der Waals surface area contributed by atoms with Crippen LogP contribution in [0, 0.1) is 0 Å². The summed E-state index contributed by atoms with van der Waals surface area (Å²) >= 11 is 3.50. The van der Waals surface area contributed by atoms with Crippen molar-refractivity contribution in [3.05, 3.63) is 28.7 Å². The van der Waals surface area contributed by atoms with Crippen LogP contribution in [0.4, 0.5) is 5.69 Å². The number of para-hydroxylation sites is 1. The number of aliphatic hydroxyl groups excluding tert-OH is 1. The molecule has 0 spiro atoms. The maximum atomic E-state index is 12.6. The van der Waals surface area contributed by atoms with E-state index in [2.05, 4.69) is 22.9 Å². The standard InChI is InChI=1S/C14H19BrN2O2/c1-10-9-17(12-6-4-3-5-11(12)15)14(19)13(7-8-18)16(10)2/h3-6,10,13,18H,7-9H2,1-2H3. The highest BCUT2D eigenvalue weighted by atomic mass is 79.9. The number of rotatable bonds is 3. The van der Waals surface area contributed by atoms with Crippen LogP contribution in [-0.4, -0.2) is 48.2 Å². The van der Waals surface area contributed by atoms with Gasteiger partial charge in [0.2, 0.25) is 5.91 Å². The molecule has 1 heterocycles. The first-order chi connectivity index (χ1) is 9.06. The van der Waals surface area contributed by atoms with Crippen LogP contribution >= 0.6 is 15.9 Å². The molecule has 19 heavy (non-hydrogen) atoms. The highest BCUT2D eigenvalue weighted by Crippen LogP contribution is 2.30. The zero-order valence-corrected chi connectivity index (χ0v) is 12.8. The quantitative estimate of drug-likeness (QED) is 0.922. The van der Waals surface area contributed by atoms with Gasteiger partial charge in [0.1, 0.15) is 0 Å². The van der Waals surface area contributed by atoms with Crippen molar-refractivity contribution in [1.82, 2.24) is 4.90 Å². The second-order valence-electron chi connectivity index (χ2n) is 4.94. The number of benzene rings is 1. The summed E-state index contributed by atoms with van der Waals surface area (Å²) in [5.74, 6) is 0.0570. The lowest BCUT2D eigenvalue weighted by atomic mass is 10.0. The molecule has 0 radical (unpaired) electrons. The Morgan fingerprint density at radius 3 is 2.74 bits per heavy atom. The van der Waals surface area contributed by atoms with Crippen LogP contribution < -0.4 is 4.90 Å². The molecule has 4 nitrogen and oxygen atoms in total. The predicted octanol–water partition coefficient (Wildman–Crippen LogP) is 1.87. The van der Waals surface area contributed by atoms with Crippen molar-refractivity contribution in [2.45, 2.75) is 25.4 Å². The van der Waals surface area contributed by atoms with Gasteiger partial charge in [0.15, 0.2) is 0 Å². The van der Waals surface area contributed by atoms with Gasteiger partial charge in [0.25, 0.3) is 0 Å². The summed E-state index contributed by atoms with van der Waals surface area (Å²) in [6.07, 6.45) is 0.473. The fourth-order valence-corrected chi connectivity index (χ4v) is 2.98. The van der Waals surface area contributed by atoms with E-state index >= 15 is 0 Å². The van der Waals surface area contributed by atoms with E-state index in [1.54, 1.807) is 0 Å². The van der Waals surface area contributed by atoms with Crippen LogP contribution in [0.3, 0.4) is 0 Å². The average Bonchev–Trinajstić information content (AvgIpc) is 2.40. The van der Waals surface area contributed by atoms with Crippen molar-refractivity contribution in [3.8, 4) is 0 Å².